The van der Waals surface area contributed by atoms with E-state index in [1.54, 1.807) is 0 Å². The molecule has 0 N–H and O–H groups in total. The molecular weight excluding hydrogens is 568 g/mol. The van der Waals surface area contributed by atoms with Crippen LogP contribution < -0.4 is 0 Å². The molecule has 0 atom stereocenters. The molecular formula is C24H50O8S2Sr. The molecule has 0 aliphatic rings. The summed E-state index contributed by atoms with van der Waals surface area (Å²) in [5, 5.41) is 0. The molecule has 208 valence electrons. The Bertz CT molecular complexity index is 559. The van der Waals surface area contributed by atoms with Crippen molar-refractivity contribution in [2.24, 2.45) is 0 Å². The molecule has 0 saturated carbocycles. The summed E-state index contributed by atoms with van der Waals surface area (Å²) in [6.07, 6.45) is 23.4. The molecule has 0 aliphatic carbocycles. The Morgan fingerprint density at radius 2 is 0.629 bits per heavy atom. The molecule has 8 nitrogen and oxygen atoms in total. The van der Waals surface area contributed by atoms with Gasteiger partial charge in [-0.15, -0.1) is 0 Å². The molecule has 0 saturated heterocycles. The van der Waals surface area contributed by atoms with Gasteiger partial charge in [-0.2, -0.15) is 0 Å². The van der Waals surface area contributed by atoms with Crippen LogP contribution in [-0.4, -0.2) is 84.6 Å². The summed E-state index contributed by atoms with van der Waals surface area (Å²) in [6.45, 7) is 4.49. The Labute approximate surface area is 253 Å². The smallest absolute Gasteiger partial charge is 0.726 e. The molecule has 0 heterocycles. The maximum Gasteiger partial charge on any atom is 2.00 e. The third-order valence-corrected chi connectivity index (χ3v) is 6.36. The molecule has 0 spiro atoms. The monoisotopic (exact) mass is 618 g/mol. The van der Waals surface area contributed by atoms with Gasteiger partial charge in [0.15, 0.2) is 0 Å². The zero-order valence-corrected chi connectivity index (χ0v) is 27.5. The molecule has 11 heteroatoms. The summed E-state index contributed by atoms with van der Waals surface area (Å²) >= 11 is 0. The van der Waals surface area contributed by atoms with Crippen molar-refractivity contribution in [2.45, 2.75) is 142 Å². The van der Waals surface area contributed by atoms with E-state index in [2.05, 4.69) is 22.2 Å². The molecule has 0 aromatic heterocycles. The van der Waals surface area contributed by atoms with Crippen LogP contribution in [-0.2, 0) is 29.2 Å². The Kier molecular flexibility index (Phi) is 34.6. The van der Waals surface area contributed by atoms with Crippen molar-refractivity contribution in [3.05, 3.63) is 0 Å². The van der Waals surface area contributed by atoms with E-state index in [-0.39, 0.29) is 58.7 Å². The van der Waals surface area contributed by atoms with Crippen LogP contribution in [0.25, 0.3) is 0 Å². The first-order valence-corrected chi connectivity index (χ1v) is 16.0. The summed E-state index contributed by atoms with van der Waals surface area (Å²) in [6, 6.07) is 0. The maximum atomic E-state index is 10.1. The van der Waals surface area contributed by atoms with Gasteiger partial charge in [0.25, 0.3) is 0 Å². The minimum absolute atomic E-state index is 0. The predicted octanol–water partition coefficient (Wildman–Crippen LogP) is 6.39. The molecule has 0 unspecified atom stereocenters. The van der Waals surface area contributed by atoms with E-state index in [4.69, 9.17) is 0 Å². The quantitative estimate of drug-likeness (QED) is 0.0526. The van der Waals surface area contributed by atoms with Crippen molar-refractivity contribution in [2.75, 3.05) is 13.2 Å². The minimum atomic E-state index is -4.48. The predicted molar refractivity (Wildman–Crippen MR) is 141 cm³/mol. The van der Waals surface area contributed by atoms with Crippen molar-refractivity contribution >= 4 is 66.3 Å². The van der Waals surface area contributed by atoms with Gasteiger partial charge in [-0.05, 0) is 12.8 Å². The van der Waals surface area contributed by atoms with Gasteiger partial charge in [0, 0.05) is 0 Å². The number of hydrogen-bond acceptors (Lipinski definition) is 8. The van der Waals surface area contributed by atoms with E-state index in [9.17, 15) is 25.9 Å². The first kappa shape index (κ1) is 40.7. The first-order valence-electron chi connectivity index (χ1n) is 13.3. The normalized spacial score (nSPS) is 11.5. The summed E-state index contributed by atoms with van der Waals surface area (Å²) < 4.78 is 68.9. The van der Waals surface area contributed by atoms with E-state index in [1.165, 1.54) is 89.9 Å². The van der Waals surface area contributed by atoms with Crippen molar-refractivity contribution in [3.8, 4) is 0 Å². The summed E-state index contributed by atoms with van der Waals surface area (Å²) in [5.74, 6) is 0. The number of rotatable bonds is 24. The standard InChI is InChI=1S/2C12H26O4S.Sr/c2*1-2-3-4-5-6-7-8-9-10-11-12-16-17(13,14)15;/h2*2-12H2,1H3,(H,13,14,15);/q;;+2/p-2. The van der Waals surface area contributed by atoms with Gasteiger partial charge in [-0.25, -0.2) is 16.8 Å². The molecule has 0 fully saturated rings. The Morgan fingerprint density at radius 1 is 0.429 bits per heavy atom. The molecule has 35 heavy (non-hydrogen) atoms. The second-order valence-electron chi connectivity index (χ2n) is 8.82. The average molecular weight is 618 g/mol. The second-order valence-corrected chi connectivity index (χ2v) is 10.9. The van der Waals surface area contributed by atoms with Gasteiger partial charge in [-0.1, -0.05) is 129 Å². The summed E-state index contributed by atoms with van der Waals surface area (Å²) in [4.78, 5) is 0. The van der Waals surface area contributed by atoms with Crippen LogP contribution in [0.1, 0.15) is 142 Å². The largest absolute Gasteiger partial charge is 2.00 e. The second kappa shape index (κ2) is 29.8. The SMILES string of the molecule is CCCCCCCCCCCCOS(=O)(=O)[O-].CCCCCCCCCCCCOS(=O)(=O)[O-].[Sr+2]. The van der Waals surface area contributed by atoms with Gasteiger partial charge in [0.2, 0.25) is 20.8 Å². The molecule has 0 bridgehead atoms. The number of hydrogen-bond donors (Lipinski definition) is 0. The fourth-order valence-electron chi connectivity index (χ4n) is 3.50. The summed E-state index contributed by atoms with van der Waals surface area (Å²) in [7, 11) is -8.97. The molecule has 0 aromatic carbocycles. The van der Waals surface area contributed by atoms with Crippen LogP contribution >= 0.6 is 0 Å². The number of unbranched alkanes of at least 4 members (excludes halogenated alkanes) is 18. The summed E-state index contributed by atoms with van der Waals surface area (Å²) in [5.41, 5.74) is 0. The average Bonchev–Trinajstić information content (AvgIpc) is 2.75. The van der Waals surface area contributed by atoms with Crippen LogP contribution in [0.15, 0.2) is 0 Å². The van der Waals surface area contributed by atoms with E-state index < -0.39 is 20.8 Å². The Hall–Kier alpha value is 1.22. The van der Waals surface area contributed by atoms with E-state index in [0.29, 0.717) is 12.8 Å². The third kappa shape index (κ3) is 45.5. The van der Waals surface area contributed by atoms with Gasteiger partial charge in [0.05, 0.1) is 13.2 Å². The van der Waals surface area contributed by atoms with Crippen LogP contribution in [0.3, 0.4) is 0 Å². The Morgan fingerprint density at radius 3 is 0.829 bits per heavy atom. The first-order chi connectivity index (χ1) is 16.1. The van der Waals surface area contributed by atoms with E-state index in [0.717, 1.165) is 25.7 Å². The fraction of sp³-hybridized carbons (Fsp3) is 1.00. The van der Waals surface area contributed by atoms with Crippen molar-refractivity contribution in [3.63, 3.8) is 0 Å². The molecule has 0 amide bonds. The van der Waals surface area contributed by atoms with Crippen molar-refractivity contribution in [1.82, 2.24) is 0 Å². The van der Waals surface area contributed by atoms with Crippen LogP contribution in [0.2, 0.25) is 0 Å². The molecule has 0 rings (SSSR count). The van der Waals surface area contributed by atoms with Crippen LogP contribution in [0.5, 0.6) is 0 Å². The maximum absolute atomic E-state index is 10.1. The zero-order chi connectivity index (χ0) is 26.0. The zero-order valence-electron chi connectivity index (χ0n) is 22.3. The molecule has 0 radical (unpaired) electrons. The fourth-order valence-corrected chi connectivity index (χ4v) is 4.14. The third-order valence-electron chi connectivity index (χ3n) is 5.45. The molecule has 0 aliphatic heterocycles. The minimum Gasteiger partial charge on any atom is -0.726 e. The van der Waals surface area contributed by atoms with Crippen molar-refractivity contribution < 1.29 is 34.3 Å². The van der Waals surface area contributed by atoms with Gasteiger partial charge in [0.1, 0.15) is 0 Å². The Balaban J connectivity index is -0.000000569. The van der Waals surface area contributed by atoms with Gasteiger partial charge >= 0.3 is 45.5 Å². The molecule has 0 aromatic rings. The van der Waals surface area contributed by atoms with Gasteiger partial charge in [-0.3, -0.25) is 8.37 Å². The van der Waals surface area contributed by atoms with Crippen molar-refractivity contribution in [1.29, 1.82) is 0 Å². The van der Waals surface area contributed by atoms with Crippen LogP contribution in [0, 0.1) is 0 Å². The van der Waals surface area contributed by atoms with E-state index >= 15 is 0 Å². The van der Waals surface area contributed by atoms with Gasteiger partial charge < -0.3 is 9.11 Å². The topological polar surface area (TPSA) is 133 Å². The van der Waals surface area contributed by atoms with E-state index in [1.807, 2.05) is 0 Å². The van der Waals surface area contributed by atoms with Crippen LogP contribution in [0.4, 0.5) is 0 Å².